The van der Waals surface area contributed by atoms with Gasteiger partial charge in [0.2, 0.25) is 0 Å². The average Bonchev–Trinajstić information content (AvgIpc) is 2.51. The molecule has 0 bridgehead atoms. The first kappa shape index (κ1) is 16.5. The number of ether oxygens (including phenoxy) is 1. The van der Waals surface area contributed by atoms with Gasteiger partial charge in [-0.3, -0.25) is 19.6 Å². The van der Waals surface area contributed by atoms with Crippen LogP contribution in [0.25, 0.3) is 0 Å². The van der Waals surface area contributed by atoms with Crippen LogP contribution in [0.15, 0.2) is 48.8 Å². The van der Waals surface area contributed by atoms with Crippen molar-refractivity contribution in [3.63, 3.8) is 0 Å². The van der Waals surface area contributed by atoms with E-state index in [-0.39, 0.29) is 12.8 Å². The second kappa shape index (κ2) is 9.33. The van der Waals surface area contributed by atoms with E-state index in [1.165, 1.54) is 0 Å². The number of esters is 2. The number of hydrogen-bond acceptors (Lipinski definition) is 6. The van der Waals surface area contributed by atoms with Crippen LogP contribution in [0.5, 0.6) is 0 Å². The Morgan fingerprint density at radius 2 is 1.33 bits per heavy atom. The molecule has 21 heavy (non-hydrogen) atoms. The summed E-state index contributed by atoms with van der Waals surface area (Å²) < 4.78 is 4.70. The third kappa shape index (κ3) is 6.40. The van der Waals surface area contributed by atoms with Crippen molar-refractivity contribution in [1.82, 2.24) is 9.97 Å². The lowest BCUT2D eigenvalue weighted by Gasteiger charge is -2.02. The molecular formula is C15H16N2O4. The van der Waals surface area contributed by atoms with Gasteiger partial charge in [-0.1, -0.05) is 12.1 Å². The highest BCUT2D eigenvalue weighted by molar-refractivity contribution is 5.87. The van der Waals surface area contributed by atoms with E-state index >= 15 is 0 Å². The van der Waals surface area contributed by atoms with Crippen molar-refractivity contribution in [2.24, 2.45) is 0 Å². The Bertz CT molecular complexity index is 507. The number of pyridine rings is 2. The van der Waals surface area contributed by atoms with Crippen molar-refractivity contribution in [3.05, 3.63) is 60.2 Å². The van der Waals surface area contributed by atoms with Gasteiger partial charge in [0.25, 0.3) is 0 Å². The SMILES string of the molecule is CO.O=C(Cc1ccccn1)OC(=O)Cc1ccccn1. The molecule has 2 heterocycles. The summed E-state index contributed by atoms with van der Waals surface area (Å²) in [6, 6.07) is 10.4. The average molecular weight is 288 g/mol. The van der Waals surface area contributed by atoms with Crippen LogP contribution in [-0.2, 0) is 27.2 Å². The van der Waals surface area contributed by atoms with Gasteiger partial charge in [0.1, 0.15) is 0 Å². The van der Waals surface area contributed by atoms with E-state index in [0.29, 0.717) is 11.4 Å². The molecule has 2 aromatic rings. The molecule has 0 atom stereocenters. The van der Waals surface area contributed by atoms with Crippen molar-refractivity contribution < 1.29 is 19.4 Å². The van der Waals surface area contributed by atoms with Gasteiger partial charge in [0.15, 0.2) is 0 Å². The number of rotatable bonds is 4. The molecule has 2 rings (SSSR count). The second-order valence-corrected chi connectivity index (χ2v) is 3.84. The predicted octanol–water partition coefficient (Wildman–Crippen LogP) is 0.940. The standard InChI is InChI=1S/C14H12N2O3.CH4O/c17-13(9-11-5-1-3-7-15-11)19-14(18)10-12-6-2-4-8-16-12;1-2/h1-8H,9-10H2;2H,1H3. The van der Waals surface area contributed by atoms with Crippen LogP contribution in [-0.4, -0.2) is 34.1 Å². The second-order valence-electron chi connectivity index (χ2n) is 3.84. The summed E-state index contributed by atoms with van der Waals surface area (Å²) in [6.07, 6.45) is 3.13. The van der Waals surface area contributed by atoms with Crippen LogP contribution in [0.3, 0.4) is 0 Å². The highest BCUT2D eigenvalue weighted by Gasteiger charge is 2.12. The molecule has 0 spiro atoms. The van der Waals surface area contributed by atoms with Gasteiger partial charge >= 0.3 is 11.9 Å². The lowest BCUT2D eigenvalue weighted by molar-refractivity contribution is -0.158. The number of nitrogens with zero attached hydrogens (tertiary/aromatic N) is 2. The van der Waals surface area contributed by atoms with E-state index in [0.717, 1.165) is 7.11 Å². The molecule has 0 saturated heterocycles. The Labute approximate surface area is 122 Å². The largest absolute Gasteiger partial charge is 0.400 e. The van der Waals surface area contributed by atoms with E-state index in [1.54, 1.807) is 48.8 Å². The Hall–Kier alpha value is -2.60. The molecule has 0 aliphatic rings. The summed E-state index contributed by atoms with van der Waals surface area (Å²) in [5, 5.41) is 7.00. The molecule has 0 amide bonds. The monoisotopic (exact) mass is 288 g/mol. The van der Waals surface area contributed by atoms with Crippen LogP contribution in [0.4, 0.5) is 0 Å². The Kier molecular flexibility index (Phi) is 7.31. The number of carbonyl (C=O) groups is 2. The first-order valence-electron chi connectivity index (χ1n) is 6.22. The van der Waals surface area contributed by atoms with Gasteiger partial charge in [0, 0.05) is 19.5 Å². The van der Waals surface area contributed by atoms with Gasteiger partial charge < -0.3 is 9.84 Å². The minimum absolute atomic E-state index is 0.0190. The first-order valence-corrected chi connectivity index (χ1v) is 6.22. The van der Waals surface area contributed by atoms with Crippen molar-refractivity contribution in [2.45, 2.75) is 12.8 Å². The van der Waals surface area contributed by atoms with E-state index in [2.05, 4.69) is 9.97 Å². The third-order valence-corrected chi connectivity index (χ3v) is 2.33. The van der Waals surface area contributed by atoms with Crippen LogP contribution < -0.4 is 0 Å². The maximum absolute atomic E-state index is 11.5. The lowest BCUT2D eigenvalue weighted by Crippen LogP contribution is -2.17. The molecule has 0 fully saturated rings. The Balaban J connectivity index is 0.00000106. The molecule has 0 aliphatic carbocycles. The minimum atomic E-state index is -0.611. The molecule has 1 N–H and O–H groups in total. The van der Waals surface area contributed by atoms with Crippen molar-refractivity contribution in [2.75, 3.05) is 7.11 Å². The highest BCUT2D eigenvalue weighted by atomic mass is 16.6. The maximum Gasteiger partial charge on any atom is 0.319 e. The summed E-state index contributed by atoms with van der Waals surface area (Å²) in [7, 11) is 1.00. The molecular weight excluding hydrogens is 272 g/mol. The van der Waals surface area contributed by atoms with Gasteiger partial charge in [-0.05, 0) is 24.3 Å². The van der Waals surface area contributed by atoms with Gasteiger partial charge in [0.05, 0.1) is 24.2 Å². The first-order chi connectivity index (χ1) is 10.2. The number of aromatic nitrogens is 2. The lowest BCUT2D eigenvalue weighted by atomic mass is 10.2. The summed E-state index contributed by atoms with van der Waals surface area (Å²) in [4.78, 5) is 31.0. The van der Waals surface area contributed by atoms with E-state index < -0.39 is 11.9 Å². The van der Waals surface area contributed by atoms with Gasteiger partial charge in [-0.15, -0.1) is 0 Å². The van der Waals surface area contributed by atoms with Crippen molar-refractivity contribution in [1.29, 1.82) is 0 Å². The molecule has 110 valence electrons. The molecule has 0 aliphatic heterocycles. The third-order valence-electron chi connectivity index (χ3n) is 2.33. The molecule has 0 unspecified atom stereocenters. The van der Waals surface area contributed by atoms with Crippen LogP contribution in [0.2, 0.25) is 0 Å². The Morgan fingerprint density at radius 3 is 1.67 bits per heavy atom. The summed E-state index contributed by atoms with van der Waals surface area (Å²) >= 11 is 0. The molecule has 0 radical (unpaired) electrons. The number of hydrogen-bond donors (Lipinski definition) is 1. The fourth-order valence-electron chi connectivity index (χ4n) is 1.50. The van der Waals surface area contributed by atoms with Gasteiger partial charge in [-0.2, -0.15) is 0 Å². The zero-order chi connectivity index (χ0) is 15.5. The topological polar surface area (TPSA) is 89.4 Å². The maximum atomic E-state index is 11.5. The zero-order valence-electron chi connectivity index (χ0n) is 11.6. The predicted molar refractivity (Wildman–Crippen MR) is 75.1 cm³/mol. The van der Waals surface area contributed by atoms with Gasteiger partial charge in [-0.25, -0.2) is 0 Å². The highest BCUT2D eigenvalue weighted by Crippen LogP contribution is 2.00. The fraction of sp³-hybridized carbons (Fsp3) is 0.200. The quantitative estimate of drug-likeness (QED) is 0.665. The number of carbonyl (C=O) groups excluding carboxylic acids is 2. The minimum Gasteiger partial charge on any atom is -0.400 e. The fourth-order valence-corrected chi connectivity index (χ4v) is 1.50. The summed E-state index contributed by atoms with van der Waals surface area (Å²) in [6.45, 7) is 0. The molecule has 2 aromatic heterocycles. The molecule has 6 heteroatoms. The molecule has 0 aromatic carbocycles. The molecule has 0 saturated carbocycles. The zero-order valence-corrected chi connectivity index (χ0v) is 11.6. The smallest absolute Gasteiger partial charge is 0.319 e. The normalized spacial score (nSPS) is 9.24. The number of aliphatic hydroxyl groups excluding tert-OH is 1. The van der Waals surface area contributed by atoms with Crippen LogP contribution >= 0.6 is 0 Å². The summed E-state index contributed by atoms with van der Waals surface area (Å²) in [5.41, 5.74) is 1.14. The van der Waals surface area contributed by atoms with Crippen LogP contribution in [0, 0.1) is 0 Å². The molecule has 6 nitrogen and oxygen atoms in total. The van der Waals surface area contributed by atoms with E-state index in [1.807, 2.05) is 0 Å². The Morgan fingerprint density at radius 1 is 0.905 bits per heavy atom. The van der Waals surface area contributed by atoms with E-state index in [9.17, 15) is 9.59 Å². The van der Waals surface area contributed by atoms with E-state index in [4.69, 9.17) is 9.84 Å². The summed E-state index contributed by atoms with van der Waals surface area (Å²) in [5.74, 6) is -1.22. The van der Waals surface area contributed by atoms with Crippen molar-refractivity contribution in [3.8, 4) is 0 Å². The van der Waals surface area contributed by atoms with Crippen molar-refractivity contribution >= 4 is 11.9 Å². The van der Waals surface area contributed by atoms with Crippen LogP contribution in [0.1, 0.15) is 11.4 Å². The number of aliphatic hydroxyl groups is 1.